The molecule has 0 aliphatic carbocycles. The van der Waals surface area contributed by atoms with E-state index in [0.29, 0.717) is 0 Å². The first-order chi connectivity index (χ1) is 11.4. The van der Waals surface area contributed by atoms with Crippen LogP contribution in [0.3, 0.4) is 0 Å². The second-order valence-corrected chi connectivity index (χ2v) is 8.86. The lowest BCUT2D eigenvalue weighted by atomic mass is 10.1. The van der Waals surface area contributed by atoms with E-state index >= 15 is 0 Å². The van der Waals surface area contributed by atoms with Gasteiger partial charge in [-0.25, -0.2) is 0 Å². The van der Waals surface area contributed by atoms with Gasteiger partial charge in [-0.2, -0.15) is 0 Å². The molecule has 0 N–H and O–H groups in total. The van der Waals surface area contributed by atoms with Crippen LogP contribution in [-0.4, -0.2) is 13.7 Å². The summed E-state index contributed by atoms with van der Waals surface area (Å²) in [6.07, 6.45) is 0. The van der Waals surface area contributed by atoms with Crippen molar-refractivity contribution in [2.24, 2.45) is 0 Å². The van der Waals surface area contributed by atoms with Gasteiger partial charge in [0.05, 0.1) is 0 Å². The molecule has 6 rings (SSSR count). The molecule has 110 valence electrons. The molecule has 3 aromatic carbocycles. The molecule has 2 bridgehead atoms. The van der Waals surface area contributed by atoms with Crippen molar-refractivity contribution >= 4 is 24.4 Å². The fourth-order valence-corrected chi connectivity index (χ4v) is 7.14. The Balaban J connectivity index is 1.88. The third kappa shape index (κ3) is 2.10. The van der Waals surface area contributed by atoms with E-state index in [1.807, 2.05) is 0 Å². The maximum atomic E-state index is 2.59. The molecule has 0 aromatic heterocycles. The van der Waals surface area contributed by atoms with Gasteiger partial charge in [0, 0.05) is 36.3 Å². The molecule has 1 nitrogen and oxygen atoms in total. The van der Waals surface area contributed by atoms with Crippen LogP contribution in [0.5, 0.6) is 0 Å². The van der Waals surface area contributed by atoms with Crippen molar-refractivity contribution in [1.82, 2.24) is 4.90 Å². The highest BCUT2D eigenvalue weighted by Crippen LogP contribution is 2.19. The lowest BCUT2D eigenvalue weighted by Gasteiger charge is -2.29. The van der Waals surface area contributed by atoms with Gasteiger partial charge in [0.2, 0.25) is 0 Å². The van der Waals surface area contributed by atoms with Crippen molar-refractivity contribution in [3.8, 4) is 0 Å². The van der Waals surface area contributed by atoms with E-state index < -0.39 is 8.80 Å². The smallest absolute Gasteiger partial charge is 0.290 e. The number of rotatable bonds is 0. The van der Waals surface area contributed by atoms with E-state index in [9.17, 15) is 0 Å². The van der Waals surface area contributed by atoms with Crippen LogP contribution in [0.2, 0.25) is 0 Å². The zero-order chi connectivity index (χ0) is 15.2. The van der Waals surface area contributed by atoms with Crippen molar-refractivity contribution in [2.75, 3.05) is 0 Å². The Morgan fingerprint density at radius 1 is 0.522 bits per heavy atom. The molecule has 23 heavy (non-hydrogen) atoms. The van der Waals surface area contributed by atoms with Crippen LogP contribution in [0.4, 0.5) is 0 Å². The van der Waals surface area contributed by atoms with Gasteiger partial charge in [-0.3, -0.25) is 4.90 Å². The van der Waals surface area contributed by atoms with Gasteiger partial charge in [-0.1, -0.05) is 54.6 Å². The Labute approximate surface area is 138 Å². The van der Waals surface area contributed by atoms with Crippen molar-refractivity contribution < 1.29 is 0 Å². The number of hydrogen-bond donors (Lipinski definition) is 0. The Morgan fingerprint density at radius 2 is 0.870 bits per heavy atom. The molecule has 0 radical (unpaired) electrons. The highest BCUT2D eigenvalue weighted by Gasteiger charge is 2.44. The summed E-state index contributed by atoms with van der Waals surface area (Å²) in [6, 6.07) is 27.3. The maximum absolute atomic E-state index is 2.59. The molecule has 2 heteroatoms. The summed E-state index contributed by atoms with van der Waals surface area (Å²) in [4.78, 5) is 2.59. The van der Waals surface area contributed by atoms with Crippen LogP contribution < -0.4 is 15.6 Å². The second kappa shape index (κ2) is 5.19. The lowest BCUT2D eigenvalue weighted by Crippen LogP contribution is -2.59. The van der Waals surface area contributed by atoms with Crippen molar-refractivity contribution in [1.29, 1.82) is 0 Å². The molecule has 0 saturated heterocycles. The average molecular weight is 312 g/mol. The lowest BCUT2D eigenvalue weighted by molar-refractivity contribution is 0.248. The maximum Gasteiger partial charge on any atom is 0.429 e. The highest BCUT2D eigenvalue weighted by atomic mass is 28.3. The van der Waals surface area contributed by atoms with E-state index in [-0.39, 0.29) is 0 Å². The van der Waals surface area contributed by atoms with Gasteiger partial charge in [0.15, 0.2) is 0 Å². The Hall–Kier alpha value is -2.16. The van der Waals surface area contributed by atoms with Crippen LogP contribution in [0.1, 0.15) is 16.7 Å². The third-order valence-corrected chi connectivity index (χ3v) is 8.12. The number of benzene rings is 3. The number of hydrogen-bond acceptors (Lipinski definition) is 1. The minimum Gasteiger partial charge on any atom is -0.290 e. The van der Waals surface area contributed by atoms with Crippen LogP contribution in [0.15, 0.2) is 72.8 Å². The fraction of sp³-hybridized carbons (Fsp3) is 0.143. The summed E-state index contributed by atoms with van der Waals surface area (Å²) in [7, 11) is -0.917. The van der Waals surface area contributed by atoms with Crippen LogP contribution >= 0.6 is 0 Å². The van der Waals surface area contributed by atoms with Gasteiger partial charge < -0.3 is 0 Å². The van der Waals surface area contributed by atoms with E-state index in [2.05, 4.69) is 77.7 Å². The summed E-state index contributed by atoms with van der Waals surface area (Å²) in [5, 5.41) is 4.71. The molecule has 3 aliphatic heterocycles. The number of nitrogens with zero attached hydrogens (tertiary/aromatic N) is 1. The van der Waals surface area contributed by atoms with E-state index in [4.69, 9.17) is 0 Å². The van der Waals surface area contributed by atoms with E-state index in [0.717, 1.165) is 19.6 Å². The van der Waals surface area contributed by atoms with Crippen LogP contribution in [0, 0.1) is 0 Å². The molecule has 0 fully saturated rings. The largest absolute Gasteiger partial charge is 0.429 e. The fourth-order valence-electron chi connectivity index (χ4n) is 4.03. The minimum atomic E-state index is -0.917. The quantitative estimate of drug-likeness (QED) is 0.574. The first-order valence-electron chi connectivity index (χ1n) is 8.24. The summed E-state index contributed by atoms with van der Waals surface area (Å²) >= 11 is 0. The Morgan fingerprint density at radius 3 is 1.26 bits per heavy atom. The standard InChI is InChI=1S/C21H18NSi/c1-4-10-19-16(7-1)13-22-14-17-8-2-5-11-20(17)23(19)21-12-6-3-9-18(21)15-22/h1-12H,13-15H2/q+1. The Bertz CT molecular complexity index is 769. The SMILES string of the molecule is c1ccc2c(c1)CN1Cc3ccccc3[Si+]2c2ccccc2C1. The molecule has 0 spiro atoms. The topological polar surface area (TPSA) is 3.24 Å². The minimum absolute atomic E-state index is 0.917. The van der Waals surface area contributed by atoms with Gasteiger partial charge >= 0.3 is 8.80 Å². The highest BCUT2D eigenvalue weighted by molar-refractivity contribution is 6.96. The molecule has 0 amide bonds. The van der Waals surface area contributed by atoms with Crippen molar-refractivity contribution in [3.05, 3.63) is 89.5 Å². The molecule has 3 aliphatic rings. The van der Waals surface area contributed by atoms with Gasteiger partial charge in [-0.05, 0) is 18.2 Å². The molecular weight excluding hydrogens is 294 g/mol. The molecular formula is C21H18NSi+. The summed E-state index contributed by atoms with van der Waals surface area (Å²) in [5.41, 5.74) is 4.56. The average Bonchev–Trinajstić information content (AvgIpc) is 2.55. The molecule has 0 unspecified atom stereocenters. The Kier molecular flexibility index (Phi) is 3.00. The van der Waals surface area contributed by atoms with Crippen LogP contribution in [0.25, 0.3) is 0 Å². The van der Waals surface area contributed by atoms with Gasteiger partial charge in [0.25, 0.3) is 0 Å². The van der Waals surface area contributed by atoms with E-state index in [1.54, 1.807) is 15.6 Å². The van der Waals surface area contributed by atoms with Gasteiger partial charge in [0.1, 0.15) is 15.6 Å². The third-order valence-electron chi connectivity index (χ3n) is 5.04. The first kappa shape index (κ1) is 13.3. The van der Waals surface area contributed by atoms with Crippen molar-refractivity contribution in [2.45, 2.75) is 19.6 Å². The predicted octanol–water partition coefficient (Wildman–Crippen LogP) is 2.03. The summed E-state index contributed by atoms with van der Waals surface area (Å²) in [6.45, 7) is 3.19. The molecule has 0 atom stereocenters. The van der Waals surface area contributed by atoms with Crippen LogP contribution in [-0.2, 0) is 19.6 Å². The van der Waals surface area contributed by atoms with E-state index in [1.165, 1.54) is 16.7 Å². The zero-order valence-corrected chi connectivity index (χ0v) is 14.0. The zero-order valence-electron chi connectivity index (χ0n) is 13.0. The molecule has 3 aromatic rings. The monoisotopic (exact) mass is 312 g/mol. The van der Waals surface area contributed by atoms with Crippen molar-refractivity contribution in [3.63, 3.8) is 0 Å². The second-order valence-electron chi connectivity index (χ2n) is 6.49. The summed E-state index contributed by atoms with van der Waals surface area (Å²) in [5.74, 6) is 0. The van der Waals surface area contributed by atoms with Gasteiger partial charge in [-0.15, -0.1) is 0 Å². The molecule has 3 heterocycles. The summed E-state index contributed by atoms with van der Waals surface area (Å²) < 4.78 is 0. The normalized spacial score (nSPS) is 15.9. The first-order valence-corrected chi connectivity index (χ1v) is 9.74. The predicted molar refractivity (Wildman–Crippen MR) is 96.9 cm³/mol. The molecule has 0 saturated carbocycles.